The minimum Gasteiger partial charge on any atom is -0.480 e. The van der Waals surface area contributed by atoms with Gasteiger partial charge in [0.15, 0.2) is 0 Å². The molecule has 1 aliphatic rings. The second kappa shape index (κ2) is 5.90. The Morgan fingerprint density at radius 1 is 1.21 bits per heavy atom. The number of hydrogen-bond donors (Lipinski definition) is 3. The SMILES string of the molecule is CC(NC(=O)NC(C)(C)C(=O)O)C(=O)N1CCCC1. The van der Waals surface area contributed by atoms with Crippen LogP contribution in [0.2, 0.25) is 0 Å². The van der Waals surface area contributed by atoms with Gasteiger partial charge >= 0.3 is 12.0 Å². The van der Waals surface area contributed by atoms with Gasteiger partial charge in [-0.2, -0.15) is 0 Å². The number of carbonyl (C=O) groups is 3. The van der Waals surface area contributed by atoms with Crippen molar-refractivity contribution < 1.29 is 19.5 Å². The van der Waals surface area contributed by atoms with Crippen molar-refractivity contribution in [2.75, 3.05) is 13.1 Å². The topological polar surface area (TPSA) is 98.7 Å². The van der Waals surface area contributed by atoms with Crippen LogP contribution in [0.15, 0.2) is 0 Å². The molecule has 1 unspecified atom stereocenters. The molecule has 19 heavy (non-hydrogen) atoms. The fourth-order valence-electron chi connectivity index (χ4n) is 1.84. The normalized spacial score (nSPS) is 16.9. The van der Waals surface area contributed by atoms with E-state index >= 15 is 0 Å². The van der Waals surface area contributed by atoms with Crippen LogP contribution in [0.1, 0.15) is 33.6 Å². The van der Waals surface area contributed by atoms with Crippen molar-refractivity contribution in [1.82, 2.24) is 15.5 Å². The van der Waals surface area contributed by atoms with Crippen LogP contribution in [-0.4, -0.2) is 52.6 Å². The van der Waals surface area contributed by atoms with Crippen molar-refractivity contribution in [3.8, 4) is 0 Å². The van der Waals surface area contributed by atoms with Gasteiger partial charge in [0, 0.05) is 13.1 Å². The number of nitrogens with zero attached hydrogens (tertiary/aromatic N) is 1. The Kier molecular flexibility index (Phi) is 4.74. The molecule has 0 saturated carbocycles. The number of urea groups is 1. The van der Waals surface area contributed by atoms with Crippen molar-refractivity contribution in [2.24, 2.45) is 0 Å². The van der Waals surface area contributed by atoms with Gasteiger partial charge in [-0.1, -0.05) is 0 Å². The fourth-order valence-corrected chi connectivity index (χ4v) is 1.84. The first kappa shape index (κ1) is 15.3. The lowest BCUT2D eigenvalue weighted by molar-refractivity contribution is -0.142. The first-order valence-electron chi connectivity index (χ1n) is 6.35. The first-order valence-corrected chi connectivity index (χ1v) is 6.35. The molecule has 0 aromatic rings. The van der Waals surface area contributed by atoms with E-state index in [1.54, 1.807) is 11.8 Å². The molecule has 7 heteroatoms. The lowest BCUT2D eigenvalue weighted by atomic mass is 10.1. The van der Waals surface area contributed by atoms with Crippen molar-refractivity contribution in [3.63, 3.8) is 0 Å². The Morgan fingerprint density at radius 3 is 2.21 bits per heavy atom. The maximum absolute atomic E-state index is 11.9. The minimum absolute atomic E-state index is 0.138. The number of amides is 3. The fraction of sp³-hybridized carbons (Fsp3) is 0.750. The quantitative estimate of drug-likeness (QED) is 0.678. The van der Waals surface area contributed by atoms with Gasteiger partial charge in [-0.05, 0) is 33.6 Å². The maximum Gasteiger partial charge on any atom is 0.328 e. The molecular weight excluding hydrogens is 250 g/mol. The van der Waals surface area contributed by atoms with E-state index in [4.69, 9.17) is 5.11 Å². The van der Waals surface area contributed by atoms with E-state index in [9.17, 15) is 14.4 Å². The van der Waals surface area contributed by atoms with Crippen LogP contribution in [0.3, 0.4) is 0 Å². The molecular formula is C12H21N3O4. The molecule has 0 radical (unpaired) electrons. The number of carboxylic acids is 1. The van der Waals surface area contributed by atoms with Crippen LogP contribution in [0, 0.1) is 0 Å². The highest BCUT2D eigenvalue weighted by Crippen LogP contribution is 2.09. The monoisotopic (exact) mass is 271 g/mol. The second-order valence-electron chi connectivity index (χ2n) is 5.28. The molecule has 1 heterocycles. The van der Waals surface area contributed by atoms with Crippen molar-refractivity contribution >= 4 is 17.9 Å². The van der Waals surface area contributed by atoms with Gasteiger partial charge in [0.25, 0.3) is 0 Å². The summed E-state index contributed by atoms with van der Waals surface area (Å²) < 4.78 is 0. The summed E-state index contributed by atoms with van der Waals surface area (Å²) in [6.45, 7) is 5.78. The molecule has 0 aromatic heterocycles. The average molecular weight is 271 g/mol. The summed E-state index contributed by atoms with van der Waals surface area (Å²) in [5.74, 6) is -1.28. The molecule has 0 bridgehead atoms. The molecule has 7 nitrogen and oxygen atoms in total. The van der Waals surface area contributed by atoms with Gasteiger partial charge < -0.3 is 20.6 Å². The van der Waals surface area contributed by atoms with E-state index < -0.39 is 23.6 Å². The zero-order valence-electron chi connectivity index (χ0n) is 11.5. The van der Waals surface area contributed by atoms with E-state index in [0.717, 1.165) is 12.8 Å². The number of carbonyl (C=O) groups excluding carboxylic acids is 2. The van der Waals surface area contributed by atoms with Crippen molar-refractivity contribution in [1.29, 1.82) is 0 Å². The lowest BCUT2D eigenvalue weighted by Gasteiger charge is -2.24. The van der Waals surface area contributed by atoms with E-state index in [1.807, 2.05) is 0 Å². The molecule has 1 atom stereocenters. The van der Waals surface area contributed by atoms with E-state index in [-0.39, 0.29) is 5.91 Å². The molecule has 1 fully saturated rings. The van der Waals surface area contributed by atoms with E-state index in [2.05, 4.69) is 10.6 Å². The molecule has 0 aliphatic carbocycles. The van der Waals surface area contributed by atoms with Gasteiger partial charge in [-0.25, -0.2) is 9.59 Å². The molecule has 1 aliphatic heterocycles. The molecule has 1 rings (SSSR count). The largest absolute Gasteiger partial charge is 0.480 e. The Morgan fingerprint density at radius 2 is 1.74 bits per heavy atom. The first-order chi connectivity index (χ1) is 8.74. The van der Waals surface area contributed by atoms with Crippen LogP contribution in [-0.2, 0) is 9.59 Å². The number of hydrogen-bond acceptors (Lipinski definition) is 3. The number of likely N-dealkylation sites (tertiary alicyclic amines) is 1. The van der Waals surface area contributed by atoms with Gasteiger partial charge in [0.05, 0.1) is 0 Å². The van der Waals surface area contributed by atoms with Crippen LogP contribution in [0.4, 0.5) is 4.79 Å². The van der Waals surface area contributed by atoms with E-state index in [0.29, 0.717) is 13.1 Å². The second-order valence-corrected chi connectivity index (χ2v) is 5.28. The highest BCUT2D eigenvalue weighted by Gasteiger charge is 2.30. The van der Waals surface area contributed by atoms with Crippen molar-refractivity contribution in [3.05, 3.63) is 0 Å². The Hall–Kier alpha value is -1.79. The van der Waals surface area contributed by atoms with Crippen molar-refractivity contribution in [2.45, 2.75) is 45.2 Å². The summed E-state index contributed by atoms with van der Waals surface area (Å²) in [5, 5.41) is 13.7. The van der Waals surface area contributed by atoms with Gasteiger partial charge in [-0.3, -0.25) is 4.79 Å². The molecule has 3 amide bonds. The summed E-state index contributed by atoms with van der Waals surface area (Å²) in [6, 6.07) is -1.32. The number of nitrogens with one attached hydrogen (secondary N) is 2. The third-order valence-electron chi connectivity index (χ3n) is 3.10. The Labute approximate surface area is 112 Å². The number of rotatable bonds is 4. The summed E-state index contributed by atoms with van der Waals surface area (Å²) in [4.78, 5) is 36.2. The van der Waals surface area contributed by atoms with Gasteiger partial charge in [0.2, 0.25) is 5.91 Å². The standard InChI is InChI=1S/C12H21N3O4/c1-8(9(16)15-6-4-5-7-15)13-11(19)14-12(2,3)10(17)18/h8H,4-7H2,1-3H3,(H,17,18)(H2,13,14,19). The summed E-state index contributed by atoms with van der Waals surface area (Å²) in [6.07, 6.45) is 1.97. The average Bonchev–Trinajstić information content (AvgIpc) is 2.79. The Bertz CT molecular complexity index is 375. The maximum atomic E-state index is 11.9. The van der Waals surface area contributed by atoms with Gasteiger partial charge in [-0.15, -0.1) is 0 Å². The van der Waals surface area contributed by atoms with Crippen LogP contribution in [0.25, 0.3) is 0 Å². The van der Waals surface area contributed by atoms with Gasteiger partial charge in [0.1, 0.15) is 11.6 Å². The zero-order chi connectivity index (χ0) is 14.6. The highest BCUT2D eigenvalue weighted by atomic mass is 16.4. The third kappa shape index (κ3) is 4.11. The third-order valence-corrected chi connectivity index (χ3v) is 3.10. The summed E-state index contributed by atoms with van der Waals surface area (Å²) in [5.41, 5.74) is -1.37. The highest BCUT2D eigenvalue weighted by molar-refractivity contribution is 5.89. The number of carboxylic acid groups (broad SMARTS) is 1. The number of aliphatic carboxylic acids is 1. The minimum atomic E-state index is -1.37. The smallest absolute Gasteiger partial charge is 0.328 e. The molecule has 0 aromatic carbocycles. The molecule has 1 saturated heterocycles. The summed E-state index contributed by atoms with van der Waals surface area (Å²) >= 11 is 0. The van der Waals surface area contributed by atoms with Crippen LogP contribution >= 0.6 is 0 Å². The predicted molar refractivity (Wildman–Crippen MR) is 68.7 cm³/mol. The predicted octanol–water partition coefficient (Wildman–Crippen LogP) is 0.160. The lowest BCUT2D eigenvalue weighted by Crippen LogP contribution is -2.56. The van der Waals surface area contributed by atoms with E-state index in [1.165, 1.54) is 13.8 Å². The Balaban J connectivity index is 2.47. The molecule has 108 valence electrons. The summed E-state index contributed by atoms with van der Waals surface area (Å²) in [7, 11) is 0. The zero-order valence-corrected chi connectivity index (χ0v) is 11.5. The molecule has 0 spiro atoms. The van der Waals surface area contributed by atoms with Crippen LogP contribution < -0.4 is 10.6 Å². The molecule has 3 N–H and O–H groups in total. The van der Waals surface area contributed by atoms with Crippen LogP contribution in [0.5, 0.6) is 0 Å².